The van der Waals surface area contributed by atoms with Crippen LogP contribution in [0.25, 0.3) is 21.5 Å². The minimum absolute atomic E-state index is 0.130. The molecule has 0 radical (unpaired) electrons. The van der Waals surface area contributed by atoms with Crippen molar-refractivity contribution in [2.45, 2.75) is 64.6 Å². The number of thiocarbonyl (C=S) groups is 1. The number of ether oxygens (including phenoxy) is 1. The number of hydrogen-bond donors (Lipinski definition) is 1. The number of benzene rings is 4. The molecule has 1 unspecified atom stereocenters. The fraction of sp³-hybridized carbons (Fsp3) is 0.368. The molecule has 2 atom stereocenters. The maximum atomic E-state index is 14.8. The number of amides is 3. The normalized spacial score (nSPS) is 15.2. The van der Waals surface area contributed by atoms with Gasteiger partial charge in [0.05, 0.1) is 11.0 Å². The molecule has 0 aliphatic carbocycles. The van der Waals surface area contributed by atoms with Gasteiger partial charge in [0.2, 0.25) is 5.91 Å². The highest BCUT2D eigenvalue weighted by Crippen LogP contribution is 2.28. The molecule has 9 heteroatoms. The number of likely N-dealkylation sites (tertiary alicyclic amines) is 1. The van der Waals surface area contributed by atoms with E-state index in [2.05, 4.69) is 6.07 Å². The summed E-state index contributed by atoms with van der Waals surface area (Å²) in [6.45, 7) is 8.14. The van der Waals surface area contributed by atoms with E-state index in [0.29, 0.717) is 38.0 Å². The van der Waals surface area contributed by atoms with E-state index < -0.39 is 17.7 Å². The van der Waals surface area contributed by atoms with Crippen molar-refractivity contribution in [1.29, 1.82) is 0 Å². The van der Waals surface area contributed by atoms with Crippen LogP contribution in [0, 0.1) is 5.92 Å². The molecule has 0 bridgehead atoms. The van der Waals surface area contributed by atoms with Crippen molar-refractivity contribution in [3.8, 4) is 0 Å². The van der Waals surface area contributed by atoms with Gasteiger partial charge in [-0.25, -0.2) is 4.79 Å². The van der Waals surface area contributed by atoms with Gasteiger partial charge in [0.1, 0.15) is 11.6 Å². The second kappa shape index (κ2) is 14.1. The van der Waals surface area contributed by atoms with E-state index in [1.54, 1.807) is 21.7 Å². The Balaban J connectivity index is 1.46. The molecule has 4 aromatic rings. The number of rotatable bonds is 8. The number of likely N-dealkylation sites (N-methyl/N-ethyl adjacent to an activating group) is 1. The molecule has 1 saturated heterocycles. The van der Waals surface area contributed by atoms with Crippen LogP contribution in [0.5, 0.6) is 0 Å². The zero-order chi connectivity index (χ0) is 33.9. The van der Waals surface area contributed by atoms with Crippen molar-refractivity contribution in [3.05, 3.63) is 90.5 Å². The van der Waals surface area contributed by atoms with E-state index in [-0.39, 0.29) is 28.8 Å². The third kappa shape index (κ3) is 7.91. The predicted molar refractivity (Wildman–Crippen MR) is 192 cm³/mol. The summed E-state index contributed by atoms with van der Waals surface area (Å²) in [4.78, 5) is 46.7. The monoisotopic (exact) mass is 652 g/mol. The molecule has 2 N–H and O–H groups in total. The lowest BCUT2D eigenvalue weighted by Gasteiger charge is -2.38. The molecule has 246 valence electrons. The largest absolute Gasteiger partial charge is 0.444 e. The van der Waals surface area contributed by atoms with Gasteiger partial charge in [-0.3, -0.25) is 9.59 Å². The third-order valence-corrected chi connectivity index (χ3v) is 9.23. The first-order valence-electron chi connectivity index (χ1n) is 16.2. The summed E-state index contributed by atoms with van der Waals surface area (Å²) in [5.41, 5.74) is 7.18. The van der Waals surface area contributed by atoms with Crippen LogP contribution in [0.2, 0.25) is 0 Å². The third-order valence-electron chi connectivity index (χ3n) is 8.89. The highest BCUT2D eigenvalue weighted by molar-refractivity contribution is 7.80. The summed E-state index contributed by atoms with van der Waals surface area (Å²) >= 11 is 5.42. The molecule has 1 aliphatic heterocycles. The van der Waals surface area contributed by atoms with Crippen LogP contribution in [0.4, 0.5) is 10.5 Å². The first kappa shape index (κ1) is 33.9. The minimum Gasteiger partial charge on any atom is -0.444 e. The average molecular weight is 653 g/mol. The fourth-order valence-corrected chi connectivity index (χ4v) is 6.32. The second-order valence-corrected chi connectivity index (χ2v) is 13.9. The van der Waals surface area contributed by atoms with Gasteiger partial charge in [0, 0.05) is 38.2 Å². The summed E-state index contributed by atoms with van der Waals surface area (Å²) in [6, 6.07) is 26.5. The van der Waals surface area contributed by atoms with Crippen molar-refractivity contribution in [2.75, 3.05) is 25.0 Å². The Morgan fingerprint density at radius 3 is 2.02 bits per heavy atom. The number of anilines is 1. The highest BCUT2D eigenvalue weighted by Gasteiger charge is 2.38. The molecule has 0 aromatic heterocycles. The molecule has 0 spiro atoms. The predicted octanol–water partition coefficient (Wildman–Crippen LogP) is 6.72. The van der Waals surface area contributed by atoms with Gasteiger partial charge in [0.15, 0.2) is 0 Å². The molecule has 47 heavy (non-hydrogen) atoms. The zero-order valence-electron chi connectivity index (χ0n) is 27.8. The van der Waals surface area contributed by atoms with Crippen molar-refractivity contribution >= 4 is 62.3 Å². The van der Waals surface area contributed by atoms with Gasteiger partial charge in [-0.05, 0) is 79.8 Å². The van der Waals surface area contributed by atoms with Gasteiger partial charge < -0.3 is 25.2 Å². The van der Waals surface area contributed by atoms with Gasteiger partial charge >= 0.3 is 6.09 Å². The quantitative estimate of drug-likeness (QED) is 0.213. The molecule has 1 heterocycles. The van der Waals surface area contributed by atoms with Gasteiger partial charge in [-0.15, -0.1) is 0 Å². The van der Waals surface area contributed by atoms with Crippen LogP contribution >= 0.6 is 12.2 Å². The number of nitrogens with two attached hydrogens (primary N) is 1. The summed E-state index contributed by atoms with van der Waals surface area (Å²) in [5.74, 6) is -0.738. The molecule has 5 rings (SSSR count). The second-order valence-electron chi connectivity index (χ2n) is 13.4. The Morgan fingerprint density at radius 1 is 0.894 bits per heavy atom. The van der Waals surface area contributed by atoms with E-state index in [1.807, 2.05) is 107 Å². The van der Waals surface area contributed by atoms with Gasteiger partial charge in [0.25, 0.3) is 5.91 Å². The van der Waals surface area contributed by atoms with Crippen LogP contribution in [-0.2, 0) is 20.7 Å². The van der Waals surface area contributed by atoms with E-state index in [0.717, 1.165) is 27.1 Å². The number of piperidine rings is 1. The van der Waals surface area contributed by atoms with Crippen molar-refractivity contribution in [3.63, 3.8) is 0 Å². The van der Waals surface area contributed by atoms with E-state index >= 15 is 0 Å². The van der Waals surface area contributed by atoms with Crippen molar-refractivity contribution < 1.29 is 19.1 Å². The Kier molecular flexibility index (Phi) is 10.2. The molecule has 1 aliphatic rings. The Hall–Kier alpha value is -4.50. The minimum atomic E-state index is -0.837. The van der Waals surface area contributed by atoms with Crippen molar-refractivity contribution in [2.24, 2.45) is 11.7 Å². The summed E-state index contributed by atoms with van der Waals surface area (Å²) in [6.07, 6.45) is 0.893. The molecular weight excluding hydrogens is 609 g/mol. The van der Waals surface area contributed by atoms with E-state index in [9.17, 15) is 14.4 Å². The Bertz CT molecular complexity index is 1790. The lowest BCUT2D eigenvalue weighted by molar-refractivity contribution is -0.142. The average Bonchev–Trinajstić information content (AvgIpc) is 3.05. The van der Waals surface area contributed by atoms with Crippen LogP contribution in [0.1, 0.15) is 46.1 Å². The molecular formula is C38H44N4O4S. The van der Waals surface area contributed by atoms with Crippen LogP contribution < -0.4 is 10.6 Å². The van der Waals surface area contributed by atoms with E-state index in [1.165, 1.54) is 0 Å². The summed E-state index contributed by atoms with van der Waals surface area (Å²) in [5, 5.41) is 4.18. The summed E-state index contributed by atoms with van der Waals surface area (Å²) in [7, 11) is 1.70. The maximum Gasteiger partial charge on any atom is 0.410 e. The number of carbonyl (C=O) groups excluding carboxylic acids is 3. The lowest BCUT2D eigenvalue weighted by atomic mass is 9.93. The van der Waals surface area contributed by atoms with Gasteiger partial charge in [-0.2, -0.15) is 0 Å². The van der Waals surface area contributed by atoms with Crippen LogP contribution in [-0.4, -0.2) is 70.5 Å². The first-order valence-corrected chi connectivity index (χ1v) is 16.6. The van der Waals surface area contributed by atoms with Gasteiger partial charge in [-0.1, -0.05) is 85.0 Å². The maximum absolute atomic E-state index is 14.8. The number of carbonyl (C=O) groups is 3. The van der Waals surface area contributed by atoms with Crippen molar-refractivity contribution in [1.82, 2.24) is 9.80 Å². The molecule has 4 aromatic carbocycles. The fourth-order valence-electron chi connectivity index (χ4n) is 6.21. The molecule has 1 fully saturated rings. The molecule has 8 nitrogen and oxygen atoms in total. The van der Waals surface area contributed by atoms with Crippen LogP contribution in [0.3, 0.4) is 0 Å². The standard InChI is InChI=1S/C38H44N4O4S/c1-25(34(39)47)42(32-17-16-28-11-7-9-13-31(28)24-32)36(44)33(23-26-14-15-27-10-6-8-12-30(27)22-26)40(5)35(43)29-18-20-41(21-19-29)37(45)46-38(2,3)4/h6-17,22,24-25,29,33H,18-21,23H2,1-5H3,(H2,39,47)/t25?,33-/m1/s1. The number of hydrogen-bond acceptors (Lipinski definition) is 5. The molecule has 0 saturated carbocycles. The Labute approximate surface area is 282 Å². The first-order chi connectivity index (χ1) is 22.3. The number of fused-ring (bicyclic) bond motifs is 2. The highest BCUT2D eigenvalue weighted by atomic mass is 32.1. The topological polar surface area (TPSA) is 96.2 Å². The van der Waals surface area contributed by atoms with E-state index in [4.69, 9.17) is 22.7 Å². The molecule has 3 amide bonds. The lowest BCUT2D eigenvalue weighted by Crippen LogP contribution is -2.56. The zero-order valence-corrected chi connectivity index (χ0v) is 28.6. The summed E-state index contributed by atoms with van der Waals surface area (Å²) < 4.78 is 5.54. The number of nitrogens with zero attached hydrogens (tertiary/aromatic N) is 3. The Morgan fingerprint density at radius 2 is 1.45 bits per heavy atom. The SMILES string of the molecule is CC(C(N)=S)N(C(=O)[C@@H](Cc1ccc2ccccc2c1)N(C)C(=O)C1CCN(C(=O)OC(C)(C)C)CC1)c1ccc2ccccc2c1. The van der Waals surface area contributed by atoms with Crippen LogP contribution in [0.15, 0.2) is 84.9 Å². The smallest absolute Gasteiger partial charge is 0.410 e.